The average Bonchev–Trinajstić information content (AvgIpc) is 2.83. The zero-order valence-corrected chi connectivity index (χ0v) is 12.2. The molecule has 2 rings (SSSR count). The minimum atomic E-state index is -0.378. The van der Waals surface area contributed by atoms with Gasteiger partial charge in [0.2, 0.25) is 5.89 Å². The second-order valence-electron chi connectivity index (χ2n) is 4.05. The monoisotopic (exact) mass is 327 g/mol. The Balaban J connectivity index is 2.08. The molecule has 0 bridgehead atoms. The molecule has 0 aliphatic carbocycles. The van der Waals surface area contributed by atoms with Gasteiger partial charge in [0.25, 0.3) is 5.89 Å². The minimum absolute atomic E-state index is 0.212. The van der Waals surface area contributed by atoms with Gasteiger partial charge in [0.1, 0.15) is 5.82 Å². The van der Waals surface area contributed by atoms with Crippen molar-refractivity contribution < 1.29 is 8.81 Å². The molecule has 6 heteroatoms. The third-order valence-corrected chi connectivity index (χ3v) is 3.30. The Morgan fingerprint density at radius 2 is 2.21 bits per heavy atom. The first-order valence-corrected chi connectivity index (χ1v) is 6.99. The summed E-state index contributed by atoms with van der Waals surface area (Å²) in [6, 6.07) is 4.74. The van der Waals surface area contributed by atoms with Crippen LogP contribution in [0.4, 0.5) is 4.39 Å². The molecule has 0 saturated carbocycles. The molecule has 1 aromatic carbocycles. The first-order chi connectivity index (χ1) is 9.22. The fraction of sp³-hybridized carbons (Fsp3) is 0.385. The van der Waals surface area contributed by atoms with Crippen molar-refractivity contribution in [3.05, 3.63) is 34.4 Å². The summed E-state index contributed by atoms with van der Waals surface area (Å²) in [5, 5.41) is 11.1. The number of halogens is 2. The van der Waals surface area contributed by atoms with Crippen LogP contribution in [0.5, 0.6) is 0 Å². The Morgan fingerprint density at radius 3 is 2.95 bits per heavy atom. The molecular formula is C13H15BrFN3O. The quantitative estimate of drug-likeness (QED) is 0.828. The lowest BCUT2D eigenvalue weighted by Crippen LogP contribution is -2.14. The second kappa shape index (κ2) is 6.77. The lowest BCUT2D eigenvalue weighted by atomic mass is 10.2. The van der Waals surface area contributed by atoms with E-state index in [4.69, 9.17) is 4.42 Å². The van der Waals surface area contributed by atoms with Gasteiger partial charge in [0.15, 0.2) is 0 Å². The minimum Gasteiger partial charge on any atom is -0.421 e. The summed E-state index contributed by atoms with van der Waals surface area (Å²) in [5.41, 5.74) is 0.313. The van der Waals surface area contributed by atoms with E-state index in [1.165, 1.54) is 6.07 Å². The predicted molar refractivity (Wildman–Crippen MR) is 74.3 cm³/mol. The molecule has 0 atom stereocenters. The molecule has 102 valence electrons. The van der Waals surface area contributed by atoms with E-state index in [2.05, 4.69) is 38.4 Å². The smallest absolute Gasteiger partial charge is 0.251 e. The molecule has 19 heavy (non-hydrogen) atoms. The molecule has 4 nitrogen and oxygen atoms in total. The highest BCUT2D eigenvalue weighted by Crippen LogP contribution is 2.29. The molecule has 1 N–H and O–H groups in total. The topological polar surface area (TPSA) is 51.0 Å². The van der Waals surface area contributed by atoms with Crippen LogP contribution in [0.1, 0.15) is 19.2 Å². The largest absolute Gasteiger partial charge is 0.421 e. The summed E-state index contributed by atoms with van der Waals surface area (Å²) < 4.78 is 19.8. The number of nitrogens with zero attached hydrogens (tertiary/aromatic N) is 2. The van der Waals surface area contributed by atoms with Crippen molar-refractivity contribution in [3.63, 3.8) is 0 Å². The van der Waals surface area contributed by atoms with Crippen molar-refractivity contribution in [1.29, 1.82) is 0 Å². The van der Waals surface area contributed by atoms with E-state index >= 15 is 0 Å². The molecule has 0 saturated heterocycles. The Bertz CT molecular complexity index is 524. The molecule has 1 aromatic heterocycles. The maximum absolute atomic E-state index is 13.7. The van der Waals surface area contributed by atoms with Crippen LogP contribution >= 0.6 is 15.9 Å². The highest BCUT2D eigenvalue weighted by atomic mass is 79.9. The highest BCUT2D eigenvalue weighted by Gasteiger charge is 2.15. The third-order valence-electron chi connectivity index (χ3n) is 2.64. The summed E-state index contributed by atoms with van der Waals surface area (Å²) in [7, 11) is 0. The van der Waals surface area contributed by atoms with E-state index in [0.717, 1.165) is 19.5 Å². The Kier molecular flexibility index (Phi) is 5.04. The van der Waals surface area contributed by atoms with E-state index in [0.29, 0.717) is 22.3 Å². The number of rotatable bonds is 6. The lowest BCUT2D eigenvalue weighted by molar-refractivity contribution is 0.489. The Labute approximate surface area is 119 Å². The number of aromatic nitrogens is 2. The zero-order chi connectivity index (χ0) is 13.7. The van der Waals surface area contributed by atoms with Gasteiger partial charge in [0.05, 0.1) is 5.56 Å². The molecule has 0 aliphatic heterocycles. The molecule has 0 radical (unpaired) electrons. The van der Waals surface area contributed by atoms with Crippen molar-refractivity contribution in [2.45, 2.75) is 19.8 Å². The van der Waals surface area contributed by atoms with Crippen molar-refractivity contribution in [3.8, 4) is 11.5 Å². The number of nitrogens with one attached hydrogen (secondary N) is 1. The van der Waals surface area contributed by atoms with Crippen LogP contribution < -0.4 is 5.32 Å². The summed E-state index contributed by atoms with van der Waals surface area (Å²) in [4.78, 5) is 0. The van der Waals surface area contributed by atoms with E-state index < -0.39 is 0 Å². The fourth-order valence-corrected chi connectivity index (χ4v) is 2.21. The van der Waals surface area contributed by atoms with E-state index in [1.807, 2.05) is 0 Å². The molecule has 0 unspecified atom stereocenters. The van der Waals surface area contributed by atoms with E-state index in [-0.39, 0.29) is 11.7 Å². The van der Waals surface area contributed by atoms with Crippen LogP contribution in [-0.4, -0.2) is 23.3 Å². The van der Waals surface area contributed by atoms with Crippen LogP contribution in [0.2, 0.25) is 0 Å². The van der Waals surface area contributed by atoms with Gasteiger partial charge in [-0.15, -0.1) is 10.2 Å². The van der Waals surface area contributed by atoms with Gasteiger partial charge in [0, 0.05) is 10.9 Å². The molecule has 0 spiro atoms. The summed E-state index contributed by atoms with van der Waals surface area (Å²) in [6.07, 6.45) is 1.60. The normalized spacial score (nSPS) is 10.9. The average molecular weight is 328 g/mol. The third kappa shape index (κ3) is 3.61. The van der Waals surface area contributed by atoms with Crippen LogP contribution in [0, 0.1) is 5.82 Å². The van der Waals surface area contributed by atoms with Crippen LogP contribution in [0.25, 0.3) is 11.5 Å². The number of benzene rings is 1. The SMILES string of the molecule is CCNCCCc1nnc(-c2c(F)cccc2Br)o1. The lowest BCUT2D eigenvalue weighted by Gasteiger charge is -2.00. The molecule has 0 aliphatic rings. The van der Waals surface area contributed by atoms with Gasteiger partial charge >= 0.3 is 0 Å². The molecule has 0 amide bonds. The standard InChI is InChI=1S/C13H15BrFN3O/c1-2-16-8-4-7-11-17-18-13(19-11)12-9(14)5-3-6-10(12)15/h3,5-6,16H,2,4,7-8H2,1H3. The number of hydrogen-bond acceptors (Lipinski definition) is 4. The van der Waals surface area contributed by atoms with Crippen molar-refractivity contribution in [2.24, 2.45) is 0 Å². The first kappa shape index (κ1) is 14.1. The van der Waals surface area contributed by atoms with Crippen LogP contribution in [0.15, 0.2) is 27.1 Å². The predicted octanol–water partition coefficient (Wildman–Crippen LogP) is 3.18. The van der Waals surface area contributed by atoms with Gasteiger partial charge in [-0.05, 0) is 47.6 Å². The first-order valence-electron chi connectivity index (χ1n) is 6.20. The summed E-state index contributed by atoms with van der Waals surface area (Å²) in [5.74, 6) is 0.365. The maximum atomic E-state index is 13.7. The second-order valence-corrected chi connectivity index (χ2v) is 4.91. The highest BCUT2D eigenvalue weighted by molar-refractivity contribution is 9.10. The summed E-state index contributed by atoms with van der Waals surface area (Å²) >= 11 is 3.29. The summed E-state index contributed by atoms with van der Waals surface area (Å²) in [6.45, 7) is 3.90. The van der Waals surface area contributed by atoms with Gasteiger partial charge in [-0.3, -0.25) is 0 Å². The van der Waals surface area contributed by atoms with Crippen LogP contribution in [0.3, 0.4) is 0 Å². The van der Waals surface area contributed by atoms with E-state index in [9.17, 15) is 4.39 Å². The molecule has 1 heterocycles. The Morgan fingerprint density at radius 1 is 1.37 bits per heavy atom. The molecule has 2 aromatic rings. The number of aryl methyl sites for hydroxylation is 1. The van der Waals surface area contributed by atoms with Crippen molar-refractivity contribution in [2.75, 3.05) is 13.1 Å². The van der Waals surface area contributed by atoms with Gasteiger partial charge < -0.3 is 9.73 Å². The fourth-order valence-electron chi connectivity index (χ4n) is 1.70. The maximum Gasteiger partial charge on any atom is 0.251 e. The molecular weight excluding hydrogens is 313 g/mol. The van der Waals surface area contributed by atoms with Crippen molar-refractivity contribution >= 4 is 15.9 Å². The Hall–Kier alpha value is -1.27. The van der Waals surface area contributed by atoms with Gasteiger partial charge in [-0.25, -0.2) is 4.39 Å². The van der Waals surface area contributed by atoms with E-state index in [1.54, 1.807) is 12.1 Å². The van der Waals surface area contributed by atoms with Crippen molar-refractivity contribution in [1.82, 2.24) is 15.5 Å². The van der Waals surface area contributed by atoms with Gasteiger partial charge in [-0.1, -0.05) is 13.0 Å². The number of hydrogen-bond donors (Lipinski definition) is 1. The molecule has 0 fully saturated rings. The van der Waals surface area contributed by atoms with Crippen LogP contribution in [-0.2, 0) is 6.42 Å². The zero-order valence-electron chi connectivity index (χ0n) is 10.6. The van der Waals surface area contributed by atoms with Gasteiger partial charge in [-0.2, -0.15) is 0 Å².